The highest BCUT2D eigenvalue weighted by Gasteiger charge is 2.32. The van der Waals surface area contributed by atoms with Gasteiger partial charge in [-0.05, 0) is 41.8 Å². The van der Waals surface area contributed by atoms with E-state index >= 15 is 0 Å². The minimum absolute atomic E-state index is 0.134. The van der Waals surface area contributed by atoms with E-state index in [1.807, 2.05) is 0 Å². The van der Waals surface area contributed by atoms with Gasteiger partial charge in [-0.2, -0.15) is 0 Å². The first-order valence-corrected chi connectivity index (χ1v) is 9.17. The average Bonchev–Trinajstić information content (AvgIpc) is 3.10. The van der Waals surface area contributed by atoms with Crippen LogP contribution in [0.2, 0.25) is 0 Å². The topological polar surface area (TPSA) is 109 Å². The van der Waals surface area contributed by atoms with Crippen molar-refractivity contribution in [2.45, 2.75) is 11.3 Å². The maximum absolute atomic E-state index is 12.9. The molecule has 0 aliphatic carbocycles. The van der Waals surface area contributed by atoms with E-state index < -0.39 is 15.9 Å². The van der Waals surface area contributed by atoms with Gasteiger partial charge in [0.1, 0.15) is 11.6 Å². The second-order valence-electron chi connectivity index (χ2n) is 5.57. The molecule has 26 heavy (non-hydrogen) atoms. The fourth-order valence-corrected chi connectivity index (χ4v) is 4.18. The van der Waals surface area contributed by atoms with Gasteiger partial charge >= 0.3 is 0 Å². The van der Waals surface area contributed by atoms with E-state index in [-0.39, 0.29) is 11.4 Å². The molecule has 8 nitrogen and oxygen atoms in total. The molecule has 1 aliphatic heterocycles. The molecule has 1 aromatic carbocycles. The third-order valence-corrected chi connectivity index (χ3v) is 5.74. The summed E-state index contributed by atoms with van der Waals surface area (Å²) in [5, 5.41) is 8.49. The molecular weight excluding hydrogens is 358 g/mol. The Balaban J connectivity index is 1.91. The van der Waals surface area contributed by atoms with Gasteiger partial charge in [0.25, 0.3) is 15.9 Å². The number of carbonyl (C=O) groups excluding carboxylic acids is 1. The van der Waals surface area contributed by atoms with Gasteiger partial charge in [-0.15, -0.1) is 0 Å². The summed E-state index contributed by atoms with van der Waals surface area (Å²) >= 11 is 0. The Hall–Kier alpha value is -2.91. The van der Waals surface area contributed by atoms with Crippen molar-refractivity contribution in [3.8, 4) is 5.75 Å². The number of carbonyl (C=O) groups is 1. The molecule has 0 unspecified atom stereocenters. The Morgan fingerprint density at radius 2 is 2.19 bits per heavy atom. The highest BCUT2D eigenvalue weighted by Crippen LogP contribution is 2.32. The zero-order chi connectivity index (χ0) is 18.7. The molecule has 0 radical (unpaired) electrons. The minimum Gasteiger partial charge on any atom is -0.497 e. The molecule has 1 aliphatic rings. The van der Waals surface area contributed by atoms with E-state index in [2.05, 4.69) is 4.98 Å². The number of sulfonamides is 1. The molecule has 2 aromatic rings. The summed E-state index contributed by atoms with van der Waals surface area (Å²) in [6.07, 6.45) is 4.62. The van der Waals surface area contributed by atoms with Crippen molar-refractivity contribution >= 4 is 27.8 Å². The Kier molecular flexibility index (Phi) is 4.92. The number of hydroxylamine groups is 1. The van der Waals surface area contributed by atoms with Crippen LogP contribution in [-0.2, 0) is 21.2 Å². The van der Waals surface area contributed by atoms with Gasteiger partial charge in [-0.3, -0.25) is 10.0 Å². The summed E-state index contributed by atoms with van der Waals surface area (Å²) in [4.78, 5) is 15.4. The number of nitrogens with one attached hydrogen (secondary N) is 1. The lowest BCUT2D eigenvalue weighted by Crippen LogP contribution is -2.29. The van der Waals surface area contributed by atoms with Gasteiger partial charge in [0.2, 0.25) is 0 Å². The molecular formula is C17H17N3O5S. The van der Waals surface area contributed by atoms with E-state index in [9.17, 15) is 13.2 Å². The Bertz CT molecular complexity index is 972. The number of benzene rings is 1. The van der Waals surface area contributed by atoms with Crippen LogP contribution in [-0.4, -0.2) is 38.2 Å². The van der Waals surface area contributed by atoms with E-state index in [1.54, 1.807) is 18.2 Å². The quantitative estimate of drug-likeness (QED) is 0.464. The Labute approximate surface area is 150 Å². The smallest absolute Gasteiger partial charge is 0.267 e. The maximum Gasteiger partial charge on any atom is 0.267 e. The maximum atomic E-state index is 12.9. The summed E-state index contributed by atoms with van der Waals surface area (Å²) in [7, 11) is -2.27. The molecule has 1 amide bonds. The van der Waals surface area contributed by atoms with Crippen molar-refractivity contribution in [3.05, 3.63) is 53.7 Å². The van der Waals surface area contributed by atoms with Gasteiger partial charge in [0.05, 0.1) is 12.0 Å². The van der Waals surface area contributed by atoms with Crippen LogP contribution in [0, 0.1) is 0 Å². The number of rotatable bonds is 5. The molecule has 9 heteroatoms. The highest BCUT2D eigenvalue weighted by atomic mass is 32.2. The Morgan fingerprint density at radius 1 is 1.38 bits per heavy atom. The number of amides is 1. The number of nitrogens with zero attached hydrogens (tertiary/aromatic N) is 2. The molecule has 0 fully saturated rings. The van der Waals surface area contributed by atoms with Crippen molar-refractivity contribution in [1.82, 2.24) is 10.5 Å². The Morgan fingerprint density at radius 3 is 2.92 bits per heavy atom. The lowest BCUT2D eigenvalue weighted by atomic mass is 10.1. The number of anilines is 1. The van der Waals surface area contributed by atoms with Crippen molar-refractivity contribution in [1.29, 1.82) is 0 Å². The van der Waals surface area contributed by atoms with Gasteiger partial charge in [-0.25, -0.2) is 23.2 Å². The zero-order valence-electron chi connectivity index (χ0n) is 13.9. The molecule has 1 aromatic heterocycles. The van der Waals surface area contributed by atoms with Crippen molar-refractivity contribution < 1.29 is 23.2 Å². The van der Waals surface area contributed by atoms with Gasteiger partial charge in [-0.1, -0.05) is 6.07 Å². The molecule has 2 N–H and O–H groups in total. The van der Waals surface area contributed by atoms with Gasteiger partial charge < -0.3 is 4.74 Å². The van der Waals surface area contributed by atoms with Crippen LogP contribution in [0.1, 0.15) is 11.1 Å². The van der Waals surface area contributed by atoms with Gasteiger partial charge in [0, 0.05) is 24.9 Å². The van der Waals surface area contributed by atoms with Crippen LogP contribution in [0.15, 0.2) is 47.5 Å². The first-order chi connectivity index (χ1) is 12.5. The van der Waals surface area contributed by atoms with Crippen LogP contribution < -0.4 is 14.5 Å². The SMILES string of the molecule is COc1cccc(S(=O)(=O)N2CCc3cc(/C=C/C(=O)NO)cnc32)c1. The summed E-state index contributed by atoms with van der Waals surface area (Å²) in [6, 6.07) is 8.05. The summed E-state index contributed by atoms with van der Waals surface area (Å²) in [6.45, 7) is 0.284. The van der Waals surface area contributed by atoms with Crippen LogP contribution in [0.3, 0.4) is 0 Å². The molecule has 0 saturated heterocycles. The fraction of sp³-hybridized carbons (Fsp3) is 0.176. The largest absolute Gasteiger partial charge is 0.497 e. The summed E-state index contributed by atoms with van der Waals surface area (Å²) < 4.78 is 32.2. The van der Waals surface area contributed by atoms with Crippen LogP contribution >= 0.6 is 0 Å². The predicted molar refractivity (Wildman–Crippen MR) is 94.4 cm³/mol. The second kappa shape index (κ2) is 7.14. The third-order valence-electron chi connectivity index (χ3n) is 3.95. The van der Waals surface area contributed by atoms with Crippen molar-refractivity contribution in [2.24, 2.45) is 0 Å². The number of hydrogen-bond acceptors (Lipinski definition) is 6. The predicted octanol–water partition coefficient (Wildman–Crippen LogP) is 1.36. The molecule has 0 atom stereocenters. The average molecular weight is 375 g/mol. The molecule has 0 spiro atoms. The highest BCUT2D eigenvalue weighted by molar-refractivity contribution is 7.92. The monoisotopic (exact) mass is 375 g/mol. The number of methoxy groups -OCH3 is 1. The number of pyridine rings is 1. The van der Waals surface area contributed by atoms with E-state index in [4.69, 9.17) is 9.94 Å². The lowest BCUT2D eigenvalue weighted by Gasteiger charge is -2.19. The third kappa shape index (κ3) is 3.39. The first kappa shape index (κ1) is 17.9. The van der Waals surface area contributed by atoms with Crippen LogP contribution in [0.5, 0.6) is 5.75 Å². The molecule has 2 heterocycles. The molecule has 0 bridgehead atoms. The number of aromatic nitrogens is 1. The van der Waals surface area contributed by atoms with E-state index in [1.165, 1.54) is 41.3 Å². The second-order valence-corrected chi connectivity index (χ2v) is 7.43. The number of fused-ring (bicyclic) bond motifs is 1. The molecule has 3 rings (SSSR count). The number of hydrogen-bond donors (Lipinski definition) is 2. The van der Waals surface area contributed by atoms with E-state index in [0.29, 0.717) is 23.6 Å². The van der Waals surface area contributed by atoms with Gasteiger partial charge in [0.15, 0.2) is 0 Å². The van der Waals surface area contributed by atoms with E-state index in [0.717, 1.165) is 11.6 Å². The molecule has 136 valence electrons. The zero-order valence-corrected chi connectivity index (χ0v) is 14.7. The van der Waals surface area contributed by atoms with Crippen molar-refractivity contribution in [2.75, 3.05) is 18.0 Å². The first-order valence-electron chi connectivity index (χ1n) is 7.73. The van der Waals surface area contributed by atoms with Crippen LogP contribution in [0.25, 0.3) is 6.08 Å². The summed E-state index contributed by atoms with van der Waals surface area (Å²) in [5.74, 6) is 0.172. The minimum atomic E-state index is -3.75. The normalized spacial score (nSPS) is 13.7. The number of ether oxygens (including phenoxy) is 1. The lowest BCUT2D eigenvalue weighted by molar-refractivity contribution is -0.124. The van der Waals surface area contributed by atoms with Crippen LogP contribution in [0.4, 0.5) is 5.82 Å². The van der Waals surface area contributed by atoms with Crippen molar-refractivity contribution in [3.63, 3.8) is 0 Å². The summed E-state index contributed by atoms with van der Waals surface area (Å²) in [5.41, 5.74) is 2.90. The fourth-order valence-electron chi connectivity index (χ4n) is 2.68. The molecule has 0 saturated carbocycles. The standard InChI is InChI=1S/C17H17N3O5S/c1-25-14-3-2-4-15(10-14)26(23,24)20-8-7-13-9-12(11-18-17(13)20)5-6-16(21)19-22/h2-6,9-11,22H,7-8H2,1H3,(H,19,21)/b6-5+.